The number of carbonyl (C=O) groups is 1. The molecule has 2 aromatic heterocycles. The van der Waals surface area contributed by atoms with Crippen molar-refractivity contribution in [3.63, 3.8) is 0 Å². The molecule has 1 aliphatic heterocycles. The van der Waals surface area contributed by atoms with Gasteiger partial charge in [0, 0.05) is 37.7 Å². The lowest BCUT2D eigenvalue weighted by molar-refractivity contribution is -0.125. The highest BCUT2D eigenvalue weighted by Crippen LogP contribution is 2.22. The molecular weight excluding hydrogens is 394 g/mol. The summed E-state index contributed by atoms with van der Waals surface area (Å²) in [6, 6.07) is 7.72. The monoisotopic (exact) mass is 423 g/mol. The lowest BCUT2D eigenvalue weighted by atomic mass is 9.96. The van der Waals surface area contributed by atoms with E-state index in [-0.39, 0.29) is 17.4 Å². The summed E-state index contributed by atoms with van der Waals surface area (Å²) in [6.45, 7) is 8.22. The Morgan fingerprint density at radius 1 is 1.23 bits per heavy atom. The molecule has 0 saturated carbocycles. The largest absolute Gasteiger partial charge is 0.361 e. The van der Waals surface area contributed by atoms with Gasteiger partial charge in [0.25, 0.3) is 5.56 Å². The molecule has 3 heterocycles. The van der Waals surface area contributed by atoms with Crippen LogP contribution in [0, 0.1) is 19.8 Å². The van der Waals surface area contributed by atoms with Gasteiger partial charge in [-0.05, 0) is 52.2 Å². The Morgan fingerprint density at radius 3 is 2.65 bits per heavy atom. The van der Waals surface area contributed by atoms with Crippen LogP contribution in [0.2, 0.25) is 0 Å². The van der Waals surface area contributed by atoms with Crippen molar-refractivity contribution in [2.24, 2.45) is 5.92 Å². The van der Waals surface area contributed by atoms with Crippen molar-refractivity contribution in [1.82, 2.24) is 20.0 Å². The van der Waals surface area contributed by atoms with Crippen molar-refractivity contribution in [3.8, 4) is 0 Å². The van der Waals surface area contributed by atoms with Gasteiger partial charge in [-0.25, -0.2) is 4.98 Å². The van der Waals surface area contributed by atoms with Gasteiger partial charge in [-0.1, -0.05) is 17.3 Å². The van der Waals surface area contributed by atoms with Gasteiger partial charge in [0.15, 0.2) is 5.82 Å². The topological polar surface area (TPSA) is 93.3 Å². The van der Waals surface area contributed by atoms with Gasteiger partial charge in [-0.2, -0.15) is 0 Å². The van der Waals surface area contributed by atoms with Crippen LogP contribution in [-0.2, 0) is 17.8 Å². The first-order valence-corrected chi connectivity index (χ1v) is 10.9. The maximum atomic E-state index is 13.0. The first kappa shape index (κ1) is 21.1. The highest BCUT2D eigenvalue weighted by Gasteiger charge is 2.27. The van der Waals surface area contributed by atoms with E-state index in [1.54, 1.807) is 4.57 Å². The average molecular weight is 424 g/mol. The molecule has 8 heteroatoms. The third-order valence-corrected chi connectivity index (χ3v) is 6.17. The van der Waals surface area contributed by atoms with Gasteiger partial charge in [0.1, 0.15) is 5.76 Å². The summed E-state index contributed by atoms with van der Waals surface area (Å²) < 4.78 is 6.94. The number of fused-ring (bicyclic) bond motifs is 1. The molecule has 0 atom stereocenters. The van der Waals surface area contributed by atoms with Crippen molar-refractivity contribution in [2.75, 3.05) is 24.5 Å². The van der Waals surface area contributed by atoms with Gasteiger partial charge in [-0.15, -0.1) is 0 Å². The lowest BCUT2D eigenvalue weighted by Gasteiger charge is -2.32. The second-order valence-electron chi connectivity index (χ2n) is 8.08. The molecule has 1 aromatic carbocycles. The summed E-state index contributed by atoms with van der Waals surface area (Å²) >= 11 is 0. The predicted octanol–water partition coefficient (Wildman–Crippen LogP) is 2.60. The van der Waals surface area contributed by atoms with Crippen LogP contribution in [0.3, 0.4) is 0 Å². The van der Waals surface area contributed by atoms with Crippen molar-refractivity contribution in [2.45, 2.75) is 46.6 Å². The van der Waals surface area contributed by atoms with Crippen molar-refractivity contribution in [1.29, 1.82) is 0 Å². The number of anilines is 1. The maximum Gasteiger partial charge on any atom is 0.293 e. The van der Waals surface area contributed by atoms with Gasteiger partial charge in [0.2, 0.25) is 5.91 Å². The van der Waals surface area contributed by atoms with E-state index in [9.17, 15) is 9.59 Å². The number of hydrogen-bond donors (Lipinski definition) is 1. The Hall–Kier alpha value is -3.16. The highest BCUT2D eigenvalue weighted by molar-refractivity contribution is 5.79. The molecule has 1 amide bonds. The SMILES string of the molecule is CCn1c(=O)c(N2CCC(C(=O)NCCc3c(C)noc3C)CC2)nc2ccccc21. The number of aromatic nitrogens is 3. The summed E-state index contributed by atoms with van der Waals surface area (Å²) in [5, 5.41) is 7.00. The van der Waals surface area contributed by atoms with Crippen LogP contribution in [0.15, 0.2) is 33.6 Å². The lowest BCUT2D eigenvalue weighted by Crippen LogP contribution is -2.43. The summed E-state index contributed by atoms with van der Waals surface area (Å²) in [5.74, 6) is 1.32. The number of para-hydroxylation sites is 2. The third kappa shape index (κ3) is 4.19. The summed E-state index contributed by atoms with van der Waals surface area (Å²) in [5.41, 5.74) is 3.54. The Labute approximate surface area is 181 Å². The molecular formula is C23H29N5O3. The van der Waals surface area contributed by atoms with Gasteiger partial charge in [-0.3, -0.25) is 9.59 Å². The van der Waals surface area contributed by atoms with E-state index in [1.165, 1.54) is 0 Å². The molecule has 0 spiro atoms. The molecule has 164 valence electrons. The molecule has 0 bridgehead atoms. The van der Waals surface area contributed by atoms with Crippen LogP contribution in [0.5, 0.6) is 0 Å². The highest BCUT2D eigenvalue weighted by atomic mass is 16.5. The summed E-state index contributed by atoms with van der Waals surface area (Å²) in [6.07, 6.45) is 2.12. The van der Waals surface area contributed by atoms with E-state index in [0.717, 1.165) is 28.1 Å². The summed E-state index contributed by atoms with van der Waals surface area (Å²) in [7, 11) is 0. The molecule has 0 aliphatic carbocycles. The van der Waals surface area contributed by atoms with Crippen LogP contribution >= 0.6 is 0 Å². The fourth-order valence-electron chi connectivity index (χ4n) is 4.37. The molecule has 4 rings (SSSR count). The second-order valence-corrected chi connectivity index (χ2v) is 8.08. The molecule has 1 fully saturated rings. The van der Waals surface area contributed by atoms with Crippen molar-refractivity contribution >= 4 is 22.8 Å². The number of nitrogens with zero attached hydrogens (tertiary/aromatic N) is 4. The zero-order valence-corrected chi connectivity index (χ0v) is 18.4. The number of piperidine rings is 1. The Kier molecular flexibility index (Phi) is 6.06. The number of hydrogen-bond acceptors (Lipinski definition) is 6. The van der Waals surface area contributed by atoms with Crippen molar-refractivity contribution < 1.29 is 9.32 Å². The minimum atomic E-state index is -0.0661. The average Bonchev–Trinajstić information content (AvgIpc) is 3.11. The molecule has 1 aliphatic rings. The fourth-order valence-corrected chi connectivity index (χ4v) is 4.37. The fraction of sp³-hybridized carbons (Fsp3) is 0.478. The number of carbonyl (C=O) groups excluding carboxylic acids is 1. The molecule has 3 aromatic rings. The number of nitrogens with one attached hydrogen (secondary N) is 1. The molecule has 0 radical (unpaired) electrons. The normalized spacial score (nSPS) is 14.9. The Morgan fingerprint density at radius 2 is 1.97 bits per heavy atom. The van der Waals surface area contributed by atoms with E-state index >= 15 is 0 Å². The molecule has 1 N–H and O–H groups in total. The Bertz CT molecular complexity index is 1120. The van der Waals surface area contributed by atoms with Gasteiger partial charge in [0.05, 0.1) is 16.7 Å². The van der Waals surface area contributed by atoms with Crippen LogP contribution in [0.1, 0.15) is 36.8 Å². The Balaban J connectivity index is 1.38. The van der Waals surface area contributed by atoms with Gasteiger partial charge >= 0.3 is 0 Å². The van der Waals surface area contributed by atoms with E-state index in [2.05, 4.69) is 15.5 Å². The molecule has 8 nitrogen and oxygen atoms in total. The number of benzene rings is 1. The van der Waals surface area contributed by atoms with Gasteiger partial charge < -0.3 is 19.3 Å². The van der Waals surface area contributed by atoms with E-state index in [1.807, 2.05) is 49.9 Å². The van der Waals surface area contributed by atoms with Crippen LogP contribution in [-0.4, -0.2) is 40.2 Å². The molecule has 0 unspecified atom stereocenters. The molecule has 1 saturated heterocycles. The zero-order chi connectivity index (χ0) is 22.0. The van der Waals surface area contributed by atoms with E-state index in [4.69, 9.17) is 4.52 Å². The van der Waals surface area contributed by atoms with Crippen LogP contribution in [0.4, 0.5) is 5.82 Å². The van der Waals surface area contributed by atoms with E-state index in [0.29, 0.717) is 51.3 Å². The molecule has 31 heavy (non-hydrogen) atoms. The number of amides is 1. The minimum absolute atomic E-state index is 0.0465. The predicted molar refractivity (Wildman–Crippen MR) is 119 cm³/mol. The smallest absolute Gasteiger partial charge is 0.293 e. The quantitative estimate of drug-likeness (QED) is 0.655. The minimum Gasteiger partial charge on any atom is -0.361 e. The van der Waals surface area contributed by atoms with Crippen LogP contribution in [0.25, 0.3) is 11.0 Å². The maximum absolute atomic E-state index is 13.0. The van der Waals surface area contributed by atoms with Crippen molar-refractivity contribution in [3.05, 3.63) is 51.6 Å². The first-order valence-electron chi connectivity index (χ1n) is 10.9. The third-order valence-electron chi connectivity index (χ3n) is 6.17. The summed E-state index contributed by atoms with van der Waals surface area (Å²) in [4.78, 5) is 32.3. The zero-order valence-electron chi connectivity index (χ0n) is 18.4. The second kappa shape index (κ2) is 8.91. The van der Waals surface area contributed by atoms with E-state index < -0.39 is 0 Å². The van der Waals surface area contributed by atoms with Crippen LogP contribution < -0.4 is 15.8 Å². The standard InChI is InChI=1S/C23H29N5O3/c1-4-28-20-8-6-5-7-19(20)25-21(23(28)30)27-13-10-17(11-14-27)22(29)24-12-9-18-15(2)26-31-16(18)3/h5-8,17H,4,9-14H2,1-3H3,(H,24,29). The number of aryl methyl sites for hydroxylation is 3. The number of rotatable bonds is 6. The first-order chi connectivity index (χ1) is 15.0.